The van der Waals surface area contributed by atoms with Crippen molar-refractivity contribution in [2.24, 2.45) is 5.92 Å². The van der Waals surface area contributed by atoms with Crippen molar-refractivity contribution in [3.05, 3.63) is 71.6 Å². The van der Waals surface area contributed by atoms with E-state index in [0.717, 1.165) is 35.2 Å². The second kappa shape index (κ2) is 10.1. The molecule has 3 rings (SSSR count). The summed E-state index contributed by atoms with van der Waals surface area (Å²) in [6.45, 7) is 5.68. The molecule has 5 nitrogen and oxygen atoms in total. The predicted molar refractivity (Wildman–Crippen MR) is 118 cm³/mol. The molecule has 6 heteroatoms. The molecule has 158 valence electrons. The highest BCUT2D eigenvalue weighted by atomic mass is 19.1. The van der Waals surface area contributed by atoms with Crippen LogP contribution in [0.3, 0.4) is 0 Å². The maximum Gasteiger partial charge on any atom is 0.319 e. The second-order valence-corrected chi connectivity index (χ2v) is 7.83. The smallest absolute Gasteiger partial charge is 0.319 e. The number of likely N-dealkylation sites (tertiary alicyclic amines) is 1. The van der Waals surface area contributed by atoms with E-state index >= 15 is 0 Å². The lowest BCUT2D eigenvalue weighted by Crippen LogP contribution is -2.43. The third-order valence-electron chi connectivity index (χ3n) is 5.33. The lowest BCUT2D eigenvalue weighted by atomic mass is 9.97. The number of rotatable bonds is 5. The Labute approximate surface area is 177 Å². The molecule has 1 aliphatic heterocycles. The van der Waals surface area contributed by atoms with Gasteiger partial charge in [0.05, 0.1) is 0 Å². The monoisotopic (exact) mass is 409 g/mol. The average Bonchev–Trinajstić information content (AvgIpc) is 2.74. The van der Waals surface area contributed by atoms with Gasteiger partial charge in [0, 0.05) is 31.4 Å². The topological polar surface area (TPSA) is 61.4 Å². The first-order chi connectivity index (χ1) is 14.4. The van der Waals surface area contributed by atoms with E-state index in [9.17, 15) is 14.0 Å². The number of carbonyl (C=O) groups is 2. The van der Waals surface area contributed by atoms with Crippen LogP contribution in [0, 0.1) is 18.7 Å². The summed E-state index contributed by atoms with van der Waals surface area (Å²) in [5.74, 6) is -0.132. The van der Waals surface area contributed by atoms with Gasteiger partial charge < -0.3 is 15.5 Å². The molecule has 1 fully saturated rings. The minimum absolute atomic E-state index is 0.0503. The van der Waals surface area contributed by atoms with E-state index in [1.165, 1.54) is 12.1 Å². The molecule has 0 aromatic heterocycles. The predicted octanol–water partition coefficient (Wildman–Crippen LogP) is 4.60. The number of amides is 3. The number of allylic oxidation sites excluding steroid dienone is 1. The summed E-state index contributed by atoms with van der Waals surface area (Å²) < 4.78 is 13.1. The Balaban J connectivity index is 1.50. The zero-order valence-corrected chi connectivity index (χ0v) is 17.5. The van der Waals surface area contributed by atoms with Crippen molar-refractivity contribution in [3.63, 3.8) is 0 Å². The summed E-state index contributed by atoms with van der Waals surface area (Å²) in [4.78, 5) is 26.6. The quantitative estimate of drug-likeness (QED) is 0.709. The average molecular weight is 410 g/mol. The summed E-state index contributed by atoms with van der Waals surface area (Å²) in [5, 5.41) is 5.73. The van der Waals surface area contributed by atoms with Gasteiger partial charge in [-0.3, -0.25) is 4.79 Å². The standard InChI is InChI=1S/C24H28FN3O2/c1-17-5-11-22(12-6-17)27-24(30)26-15-19-4-3-13-28(16-19)23(29)14-18(2)20-7-9-21(25)10-8-20/h5-12,14,19H,3-4,13,15-16H2,1-2H3,(H2,26,27,30)/b18-14-. The molecular weight excluding hydrogens is 381 g/mol. The number of nitrogens with zero attached hydrogens (tertiary/aromatic N) is 1. The first-order valence-electron chi connectivity index (χ1n) is 10.3. The van der Waals surface area contributed by atoms with Crippen molar-refractivity contribution < 1.29 is 14.0 Å². The maximum atomic E-state index is 13.1. The summed E-state index contributed by atoms with van der Waals surface area (Å²) in [5.41, 5.74) is 3.52. The first kappa shape index (κ1) is 21.6. The van der Waals surface area contributed by atoms with Crippen molar-refractivity contribution in [1.29, 1.82) is 0 Å². The van der Waals surface area contributed by atoms with E-state index in [-0.39, 0.29) is 23.7 Å². The van der Waals surface area contributed by atoms with Gasteiger partial charge in [-0.2, -0.15) is 0 Å². The molecule has 1 saturated heterocycles. The Morgan fingerprint density at radius 3 is 2.53 bits per heavy atom. The van der Waals surface area contributed by atoms with Gasteiger partial charge in [0.1, 0.15) is 5.82 Å². The van der Waals surface area contributed by atoms with E-state index in [1.54, 1.807) is 18.2 Å². The number of benzene rings is 2. The van der Waals surface area contributed by atoms with Crippen LogP contribution in [0.15, 0.2) is 54.6 Å². The number of halogens is 1. The third-order valence-corrected chi connectivity index (χ3v) is 5.33. The summed E-state index contributed by atoms with van der Waals surface area (Å²) in [6, 6.07) is 13.5. The van der Waals surface area contributed by atoms with Crippen molar-refractivity contribution in [1.82, 2.24) is 10.2 Å². The Hall–Kier alpha value is -3.15. The van der Waals surface area contributed by atoms with Crippen LogP contribution in [0.2, 0.25) is 0 Å². The molecule has 1 aliphatic rings. The van der Waals surface area contributed by atoms with Crippen LogP contribution in [0.1, 0.15) is 30.9 Å². The molecule has 0 aliphatic carbocycles. The lowest BCUT2D eigenvalue weighted by molar-refractivity contribution is -0.127. The van der Waals surface area contributed by atoms with Gasteiger partial charge >= 0.3 is 6.03 Å². The van der Waals surface area contributed by atoms with Crippen LogP contribution in [-0.2, 0) is 4.79 Å². The number of carbonyl (C=O) groups excluding carboxylic acids is 2. The molecule has 0 radical (unpaired) electrons. The molecule has 30 heavy (non-hydrogen) atoms. The Morgan fingerprint density at radius 1 is 1.13 bits per heavy atom. The fourth-order valence-electron chi connectivity index (χ4n) is 3.55. The van der Waals surface area contributed by atoms with Gasteiger partial charge in [-0.1, -0.05) is 29.8 Å². The molecule has 2 aromatic carbocycles. The van der Waals surface area contributed by atoms with Crippen LogP contribution in [0.4, 0.5) is 14.9 Å². The SMILES string of the molecule is C/C(=C/C(=O)N1CCCC(CNC(=O)Nc2ccc(C)cc2)C1)c1ccc(F)cc1. The minimum Gasteiger partial charge on any atom is -0.339 e. The van der Waals surface area contributed by atoms with Crippen LogP contribution in [0.5, 0.6) is 0 Å². The van der Waals surface area contributed by atoms with Crippen molar-refractivity contribution in [3.8, 4) is 0 Å². The van der Waals surface area contributed by atoms with Crippen molar-refractivity contribution in [2.45, 2.75) is 26.7 Å². The molecule has 0 saturated carbocycles. The largest absolute Gasteiger partial charge is 0.339 e. The zero-order valence-electron chi connectivity index (χ0n) is 17.5. The van der Waals surface area contributed by atoms with Crippen LogP contribution in [-0.4, -0.2) is 36.5 Å². The third kappa shape index (κ3) is 6.17. The molecule has 0 bridgehead atoms. The number of aryl methyl sites for hydroxylation is 1. The molecule has 1 atom stereocenters. The second-order valence-electron chi connectivity index (χ2n) is 7.83. The van der Waals surface area contributed by atoms with Gasteiger partial charge in [-0.05, 0) is 68.0 Å². The fourth-order valence-corrected chi connectivity index (χ4v) is 3.55. The Kier molecular flexibility index (Phi) is 7.22. The van der Waals surface area contributed by atoms with E-state index in [1.807, 2.05) is 43.0 Å². The highest BCUT2D eigenvalue weighted by molar-refractivity contribution is 5.95. The normalized spacial score (nSPS) is 16.8. The number of anilines is 1. The van der Waals surface area contributed by atoms with Gasteiger partial charge in [0.2, 0.25) is 5.91 Å². The first-order valence-corrected chi connectivity index (χ1v) is 10.3. The highest BCUT2D eigenvalue weighted by Crippen LogP contribution is 2.19. The molecule has 1 unspecified atom stereocenters. The molecule has 3 amide bonds. The summed E-state index contributed by atoms with van der Waals surface area (Å²) in [7, 11) is 0. The Morgan fingerprint density at radius 2 is 1.83 bits per heavy atom. The molecular formula is C24H28FN3O2. The van der Waals surface area contributed by atoms with Gasteiger partial charge in [0.15, 0.2) is 0 Å². The van der Waals surface area contributed by atoms with E-state index in [0.29, 0.717) is 19.6 Å². The van der Waals surface area contributed by atoms with E-state index < -0.39 is 0 Å². The minimum atomic E-state index is -0.296. The Bertz CT molecular complexity index is 907. The number of nitrogens with one attached hydrogen (secondary N) is 2. The van der Waals surface area contributed by atoms with Crippen molar-refractivity contribution in [2.75, 3.05) is 25.0 Å². The number of urea groups is 1. The maximum absolute atomic E-state index is 13.1. The molecule has 1 heterocycles. The summed E-state index contributed by atoms with van der Waals surface area (Å²) >= 11 is 0. The molecule has 2 N–H and O–H groups in total. The molecule has 0 spiro atoms. The van der Waals surface area contributed by atoms with Crippen molar-refractivity contribution >= 4 is 23.2 Å². The number of piperidine rings is 1. The highest BCUT2D eigenvalue weighted by Gasteiger charge is 2.23. The van der Waals surface area contributed by atoms with Gasteiger partial charge in [0.25, 0.3) is 0 Å². The summed E-state index contributed by atoms with van der Waals surface area (Å²) in [6.07, 6.45) is 3.48. The number of hydrogen-bond acceptors (Lipinski definition) is 2. The van der Waals surface area contributed by atoms with Gasteiger partial charge in [-0.25, -0.2) is 9.18 Å². The van der Waals surface area contributed by atoms with E-state index in [2.05, 4.69) is 10.6 Å². The fraction of sp³-hybridized carbons (Fsp3) is 0.333. The van der Waals surface area contributed by atoms with Gasteiger partial charge in [-0.15, -0.1) is 0 Å². The van der Waals surface area contributed by atoms with Crippen LogP contribution < -0.4 is 10.6 Å². The van der Waals surface area contributed by atoms with Crippen LogP contribution >= 0.6 is 0 Å². The number of hydrogen-bond donors (Lipinski definition) is 2. The lowest BCUT2D eigenvalue weighted by Gasteiger charge is -2.32. The molecule has 2 aromatic rings. The van der Waals surface area contributed by atoms with E-state index in [4.69, 9.17) is 0 Å². The zero-order chi connectivity index (χ0) is 21.5. The van der Waals surface area contributed by atoms with Crippen LogP contribution in [0.25, 0.3) is 5.57 Å².